The highest BCUT2D eigenvalue weighted by Crippen LogP contribution is 2.01. The van der Waals surface area contributed by atoms with Gasteiger partial charge in [-0.3, -0.25) is 9.59 Å². The summed E-state index contributed by atoms with van der Waals surface area (Å²) in [5, 5.41) is 21.7. The van der Waals surface area contributed by atoms with Gasteiger partial charge in [-0.2, -0.15) is 0 Å². The van der Waals surface area contributed by atoms with Crippen LogP contribution >= 0.6 is 0 Å². The number of aliphatic carboxylic acids is 2. The molecule has 9 heteroatoms. The number of carbonyl (C=O) groups is 4. The summed E-state index contributed by atoms with van der Waals surface area (Å²) in [6.45, 7) is 1.33. The molecule has 0 heterocycles. The van der Waals surface area contributed by atoms with Crippen molar-refractivity contribution in [3.63, 3.8) is 0 Å². The number of benzene rings is 1. The molecule has 0 aliphatic rings. The molecule has 0 aliphatic carbocycles. The molecule has 24 heavy (non-hydrogen) atoms. The lowest BCUT2D eigenvalue weighted by molar-refractivity contribution is -0.147. The first-order valence-corrected chi connectivity index (χ1v) is 7.01. The maximum atomic E-state index is 11.8. The number of amides is 2. The summed E-state index contributed by atoms with van der Waals surface area (Å²) in [6.07, 6.45) is -1.63. The molecule has 2 atom stereocenters. The van der Waals surface area contributed by atoms with Crippen LogP contribution in [0.3, 0.4) is 0 Å². The molecular formula is C15H18N2O7. The molecule has 0 fully saturated rings. The molecule has 1 rings (SSSR count). The average Bonchev–Trinajstić information content (AvgIpc) is 2.52. The molecule has 0 radical (unpaired) electrons. The zero-order chi connectivity index (χ0) is 18.1. The van der Waals surface area contributed by atoms with Crippen molar-refractivity contribution in [3.8, 4) is 0 Å². The predicted octanol–water partition coefficient (Wildman–Crippen LogP) is 0.345. The molecule has 0 bridgehead atoms. The van der Waals surface area contributed by atoms with Gasteiger partial charge in [-0.25, -0.2) is 9.59 Å². The molecule has 1 aromatic carbocycles. The lowest BCUT2D eigenvalue weighted by atomic mass is 10.2. The van der Waals surface area contributed by atoms with E-state index in [1.165, 1.54) is 6.92 Å². The fourth-order valence-corrected chi connectivity index (χ4v) is 1.68. The van der Waals surface area contributed by atoms with Gasteiger partial charge in [0.15, 0.2) is 0 Å². The first-order valence-electron chi connectivity index (χ1n) is 7.01. The minimum absolute atomic E-state index is 0.0117. The lowest BCUT2D eigenvalue weighted by Gasteiger charge is -2.17. The largest absolute Gasteiger partial charge is 0.481 e. The van der Waals surface area contributed by atoms with Gasteiger partial charge in [0.2, 0.25) is 5.91 Å². The van der Waals surface area contributed by atoms with Gasteiger partial charge in [0, 0.05) is 0 Å². The van der Waals surface area contributed by atoms with Gasteiger partial charge < -0.3 is 25.6 Å². The average molecular weight is 338 g/mol. The van der Waals surface area contributed by atoms with E-state index >= 15 is 0 Å². The van der Waals surface area contributed by atoms with E-state index in [0.29, 0.717) is 0 Å². The van der Waals surface area contributed by atoms with Crippen molar-refractivity contribution >= 4 is 23.9 Å². The smallest absolute Gasteiger partial charge is 0.408 e. The highest BCUT2D eigenvalue weighted by molar-refractivity contribution is 5.90. The van der Waals surface area contributed by atoms with E-state index in [1.807, 2.05) is 11.4 Å². The first kappa shape index (κ1) is 18.9. The molecule has 0 spiro atoms. The molecule has 1 aromatic rings. The third-order valence-electron chi connectivity index (χ3n) is 2.93. The van der Waals surface area contributed by atoms with Crippen LogP contribution in [0.2, 0.25) is 0 Å². The number of alkyl carbamates (subject to hydrolysis) is 1. The Labute approximate surface area is 137 Å². The Balaban J connectivity index is 2.45. The minimum atomic E-state index is -1.58. The Morgan fingerprint density at radius 2 is 1.71 bits per heavy atom. The molecular weight excluding hydrogens is 320 g/mol. The molecule has 0 aromatic heterocycles. The number of nitrogens with one attached hydrogen (secondary N) is 2. The van der Waals surface area contributed by atoms with Crippen LogP contribution in [0.1, 0.15) is 18.9 Å². The quantitative estimate of drug-likeness (QED) is 0.535. The van der Waals surface area contributed by atoms with Gasteiger partial charge in [-0.15, -0.1) is 0 Å². The van der Waals surface area contributed by atoms with Gasteiger partial charge in [-0.05, 0) is 12.5 Å². The lowest BCUT2D eigenvalue weighted by Crippen LogP contribution is -2.51. The Bertz CT molecular complexity index is 603. The van der Waals surface area contributed by atoms with E-state index in [0.717, 1.165) is 5.56 Å². The zero-order valence-electron chi connectivity index (χ0n) is 12.9. The van der Waals surface area contributed by atoms with Crippen LogP contribution in [-0.4, -0.2) is 46.2 Å². The number of carboxylic acid groups (broad SMARTS) is 2. The number of rotatable bonds is 8. The summed E-state index contributed by atoms with van der Waals surface area (Å²) in [7, 11) is 0. The maximum absolute atomic E-state index is 11.8. The minimum Gasteiger partial charge on any atom is -0.481 e. The number of ether oxygens (including phenoxy) is 1. The molecule has 0 unspecified atom stereocenters. The third kappa shape index (κ3) is 6.77. The second kappa shape index (κ2) is 9.13. The second-order valence-electron chi connectivity index (χ2n) is 4.93. The van der Waals surface area contributed by atoms with Crippen LogP contribution in [-0.2, 0) is 25.7 Å². The van der Waals surface area contributed by atoms with Crippen LogP contribution < -0.4 is 10.6 Å². The Morgan fingerprint density at radius 3 is 2.25 bits per heavy atom. The monoisotopic (exact) mass is 338 g/mol. The molecule has 4 N–H and O–H groups in total. The number of hydrogen-bond donors (Lipinski definition) is 4. The van der Waals surface area contributed by atoms with Crippen LogP contribution in [0.25, 0.3) is 0 Å². The molecule has 0 saturated carbocycles. The Kier molecular flexibility index (Phi) is 7.21. The predicted molar refractivity (Wildman–Crippen MR) is 81.0 cm³/mol. The topological polar surface area (TPSA) is 142 Å². The molecule has 9 nitrogen and oxygen atoms in total. The van der Waals surface area contributed by atoms with Crippen molar-refractivity contribution in [1.29, 1.82) is 0 Å². The van der Waals surface area contributed by atoms with E-state index in [9.17, 15) is 19.2 Å². The van der Waals surface area contributed by atoms with Crippen molar-refractivity contribution < 1.29 is 34.1 Å². The van der Waals surface area contributed by atoms with Crippen LogP contribution in [0.5, 0.6) is 0 Å². The summed E-state index contributed by atoms with van der Waals surface area (Å²) in [5.74, 6) is -3.68. The SMILES string of the molecule is C[C@H](NC(=O)OCc1ccccc1)C(=O)N[C@@H](CC(=O)O)C(=O)O. The Hall–Kier alpha value is -3.10. The summed E-state index contributed by atoms with van der Waals surface area (Å²) < 4.78 is 4.93. The Morgan fingerprint density at radius 1 is 1.08 bits per heavy atom. The maximum Gasteiger partial charge on any atom is 0.408 e. The van der Waals surface area contributed by atoms with E-state index in [2.05, 4.69) is 5.32 Å². The fraction of sp³-hybridized carbons (Fsp3) is 0.333. The normalized spacial score (nSPS) is 12.5. The third-order valence-corrected chi connectivity index (χ3v) is 2.93. The summed E-state index contributed by atoms with van der Waals surface area (Å²) in [5.41, 5.74) is 0.761. The van der Waals surface area contributed by atoms with E-state index in [4.69, 9.17) is 14.9 Å². The van der Waals surface area contributed by atoms with E-state index in [1.54, 1.807) is 24.3 Å². The highest BCUT2D eigenvalue weighted by Gasteiger charge is 2.26. The zero-order valence-corrected chi connectivity index (χ0v) is 12.9. The summed E-state index contributed by atoms with van der Waals surface area (Å²) in [4.78, 5) is 44.9. The van der Waals surface area contributed by atoms with Crippen molar-refractivity contribution in [3.05, 3.63) is 35.9 Å². The van der Waals surface area contributed by atoms with Gasteiger partial charge >= 0.3 is 18.0 Å². The highest BCUT2D eigenvalue weighted by atomic mass is 16.5. The molecule has 130 valence electrons. The summed E-state index contributed by atoms with van der Waals surface area (Å²) >= 11 is 0. The van der Waals surface area contributed by atoms with Crippen molar-refractivity contribution in [1.82, 2.24) is 10.6 Å². The molecule has 0 aliphatic heterocycles. The van der Waals surface area contributed by atoms with Crippen LogP contribution in [0.4, 0.5) is 4.79 Å². The van der Waals surface area contributed by atoms with Crippen molar-refractivity contribution in [2.45, 2.75) is 32.0 Å². The van der Waals surface area contributed by atoms with E-state index in [-0.39, 0.29) is 6.61 Å². The number of carboxylic acids is 2. The van der Waals surface area contributed by atoms with Crippen LogP contribution in [0.15, 0.2) is 30.3 Å². The van der Waals surface area contributed by atoms with Crippen LogP contribution in [0, 0.1) is 0 Å². The molecule has 2 amide bonds. The van der Waals surface area contributed by atoms with Crippen molar-refractivity contribution in [2.75, 3.05) is 0 Å². The van der Waals surface area contributed by atoms with Gasteiger partial charge in [0.1, 0.15) is 18.7 Å². The first-order chi connectivity index (χ1) is 11.3. The van der Waals surface area contributed by atoms with Gasteiger partial charge in [0.25, 0.3) is 0 Å². The summed E-state index contributed by atoms with van der Waals surface area (Å²) in [6, 6.07) is 6.21. The standard InChI is InChI=1S/C15H18N2O7/c1-9(13(20)17-11(14(21)22)7-12(18)19)16-15(23)24-8-10-5-3-2-4-6-10/h2-6,9,11H,7-8H2,1H3,(H,16,23)(H,17,20)(H,18,19)(H,21,22)/t9-,11-/m0/s1. The molecule has 0 saturated heterocycles. The van der Waals surface area contributed by atoms with E-state index < -0.39 is 42.4 Å². The number of hydrogen-bond acceptors (Lipinski definition) is 5. The van der Waals surface area contributed by atoms with Gasteiger partial charge in [0.05, 0.1) is 6.42 Å². The van der Waals surface area contributed by atoms with Crippen molar-refractivity contribution in [2.24, 2.45) is 0 Å². The number of carbonyl (C=O) groups excluding carboxylic acids is 2. The van der Waals surface area contributed by atoms with Gasteiger partial charge in [-0.1, -0.05) is 30.3 Å². The fourth-order valence-electron chi connectivity index (χ4n) is 1.68. The second-order valence-corrected chi connectivity index (χ2v) is 4.93.